The third-order valence-electron chi connectivity index (χ3n) is 6.45. The Kier molecular flexibility index (Phi) is 8.11. The van der Waals surface area contributed by atoms with Gasteiger partial charge < -0.3 is 15.2 Å². The van der Waals surface area contributed by atoms with Gasteiger partial charge in [0.25, 0.3) is 5.56 Å². The van der Waals surface area contributed by atoms with Gasteiger partial charge in [0.1, 0.15) is 17.5 Å². The molecule has 0 atom stereocenters. The number of alkyl halides is 6. The molecule has 0 aliphatic carbocycles. The number of piperidine rings is 1. The summed E-state index contributed by atoms with van der Waals surface area (Å²) in [6.07, 6.45) is -9.51. The number of carbonyl (C=O) groups excluding carboxylic acids is 1. The van der Waals surface area contributed by atoms with Gasteiger partial charge in [-0.3, -0.25) is 9.59 Å². The van der Waals surface area contributed by atoms with Crippen molar-refractivity contribution in [2.45, 2.75) is 38.7 Å². The van der Waals surface area contributed by atoms with Crippen LogP contribution in [0.4, 0.5) is 36.6 Å². The molecule has 2 N–H and O–H groups in total. The van der Waals surface area contributed by atoms with Crippen LogP contribution in [0, 0.1) is 18.7 Å². The van der Waals surface area contributed by atoms with Crippen LogP contribution in [0.3, 0.4) is 0 Å². The molecule has 1 fully saturated rings. The number of nitrogens with one attached hydrogen (secondary N) is 2. The summed E-state index contributed by atoms with van der Waals surface area (Å²) in [6.45, 7) is 2.19. The summed E-state index contributed by atoms with van der Waals surface area (Å²) in [5.41, 5.74) is -5.98. The van der Waals surface area contributed by atoms with Crippen LogP contribution in [-0.4, -0.2) is 33.9 Å². The van der Waals surface area contributed by atoms with Crippen LogP contribution in [0.25, 0.3) is 11.4 Å². The van der Waals surface area contributed by atoms with Crippen molar-refractivity contribution in [2.75, 3.05) is 18.0 Å². The van der Waals surface area contributed by atoms with E-state index in [2.05, 4.69) is 15.3 Å². The highest BCUT2D eigenvalue weighted by Gasteiger charge is 2.39. The molecule has 3 aromatic rings. The molecule has 1 amide bonds. The molecule has 1 aliphatic heterocycles. The monoisotopic (exact) mass is 591 g/mol. The number of H-pyrrole nitrogens is 1. The minimum atomic E-state index is -5.18. The number of halogens is 8. The molecule has 0 saturated carbocycles. The van der Waals surface area contributed by atoms with E-state index in [9.17, 15) is 35.9 Å². The highest BCUT2D eigenvalue weighted by molar-refractivity contribution is 6.31. The zero-order valence-corrected chi connectivity index (χ0v) is 21.4. The fourth-order valence-corrected chi connectivity index (χ4v) is 4.45. The Morgan fingerprint density at radius 1 is 1.07 bits per heavy atom. The van der Waals surface area contributed by atoms with Crippen molar-refractivity contribution in [2.24, 2.45) is 5.92 Å². The Morgan fingerprint density at radius 2 is 1.75 bits per heavy atom. The lowest BCUT2D eigenvalue weighted by molar-refractivity contribution is -0.141. The largest absolute Gasteiger partial charge is 0.433 e. The Labute approximate surface area is 227 Å². The van der Waals surface area contributed by atoms with Gasteiger partial charge in [0.2, 0.25) is 5.91 Å². The first kappa shape index (κ1) is 29.3. The van der Waals surface area contributed by atoms with E-state index in [4.69, 9.17) is 11.6 Å². The number of pyridine rings is 1. The second-order valence-corrected chi connectivity index (χ2v) is 9.56. The number of hydrogen-bond acceptors (Lipinski definition) is 5. The van der Waals surface area contributed by atoms with Crippen LogP contribution in [-0.2, 0) is 23.7 Å². The summed E-state index contributed by atoms with van der Waals surface area (Å²) >= 11 is 6.01. The topological polar surface area (TPSA) is 91.0 Å². The molecule has 214 valence electrons. The molecular weight excluding hydrogens is 571 g/mol. The second-order valence-electron chi connectivity index (χ2n) is 9.15. The molecule has 0 bridgehead atoms. The van der Waals surface area contributed by atoms with Crippen molar-refractivity contribution >= 4 is 23.3 Å². The fraction of sp³-hybridized carbons (Fsp3) is 0.360. The third kappa shape index (κ3) is 6.37. The van der Waals surface area contributed by atoms with E-state index in [0.717, 1.165) is 6.07 Å². The summed E-state index contributed by atoms with van der Waals surface area (Å²) in [6, 6.07) is 4.75. The maximum absolute atomic E-state index is 15.4. The number of aromatic amines is 1. The zero-order chi connectivity index (χ0) is 29.4. The summed E-state index contributed by atoms with van der Waals surface area (Å²) in [5, 5.41) is 3.00. The zero-order valence-electron chi connectivity index (χ0n) is 20.7. The van der Waals surface area contributed by atoms with E-state index >= 15 is 4.39 Å². The van der Waals surface area contributed by atoms with Gasteiger partial charge in [-0.15, -0.1) is 0 Å². The van der Waals surface area contributed by atoms with Crippen molar-refractivity contribution < 1.29 is 35.5 Å². The standard InChI is InChI=1S/C25H21ClF7N5O2/c1-12-16(26)4-5-18(35-12)38-8-6-13(7-9-38)23(40)34-11-14-2-3-15(24(28,29)30)20(21(14)27)22-36-17(25(31,32)33)10-19(39)37-22/h2-5,10,13H,6-9,11H2,1H3,(H,34,40)(H,36,37,39). The minimum Gasteiger partial charge on any atom is -0.357 e. The summed E-state index contributed by atoms with van der Waals surface area (Å²) in [5.74, 6) is -3.05. The van der Waals surface area contributed by atoms with Crippen LogP contribution in [0.5, 0.6) is 0 Å². The highest BCUT2D eigenvalue weighted by atomic mass is 35.5. The molecule has 1 aliphatic rings. The molecule has 0 spiro atoms. The molecule has 3 heterocycles. The van der Waals surface area contributed by atoms with Crippen molar-refractivity contribution in [3.05, 3.63) is 74.0 Å². The molecule has 1 saturated heterocycles. The lowest BCUT2D eigenvalue weighted by Crippen LogP contribution is -2.40. The van der Waals surface area contributed by atoms with E-state index in [1.807, 2.05) is 4.90 Å². The summed E-state index contributed by atoms with van der Waals surface area (Å²) in [7, 11) is 0. The number of carbonyl (C=O) groups is 1. The number of nitrogens with zero attached hydrogens (tertiary/aromatic N) is 3. The maximum atomic E-state index is 15.4. The molecule has 0 radical (unpaired) electrons. The molecule has 1 aromatic carbocycles. The average Bonchev–Trinajstić information content (AvgIpc) is 2.88. The van der Waals surface area contributed by atoms with Gasteiger partial charge in [-0.2, -0.15) is 26.3 Å². The molecule has 40 heavy (non-hydrogen) atoms. The molecule has 7 nitrogen and oxygen atoms in total. The lowest BCUT2D eigenvalue weighted by Gasteiger charge is -2.32. The van der Waals surface area contributed by atoms with Crippen LogP contribution in [0.2, 0.25) is 5.02 Å². The van der Waals surface area contributed by atoms with Crippen molar-refractivity contribution in [3.8, 4) is 11.4 Å². The van der Waals surface area contributed by atoms with Crippen LogP contribution >= 0.6 is 11.6 Å². The highest BCUT2D eigenvalue weighted by Crippen LogP contribution is 2.39. The van der Waals surface area contributed by atoms with Gasteiger partial charge in [0, 0.05) is 37.2 Å². The Bertz CT molecular complexity index is 1480. The second kappa shape index (κ2) is 11.1. The first-order valence-corrected chi connectivity index (χ1v) is 12.3. The van der Waals surface area contributed by atoms with E-state index in [-0.39, 0.29) is 6.07 Å². The van der Waals surface area contributed by atoms with Crippen LogP contribution in [0.15, 0.2) is 35.1 Å². The molecule has 2 aromatic heterocycles. The number of anilines is 1. The van der Waals surface area contributed by atoms with Crippen molar-refractivity contribution in [1.29, 1.82) is 0 Å². The SMILES string of the molecule is Cc1nc(N2CCC(C(=O)NCc3ccc(C(F)(F)F)c(-c4nc(C(F)(F)F)cc(=O)[nH]4)c3F)CC2)ccc1Cl. The summed E-state index contributed by atoms with van der Waals surface area (Å²) in [4.78, 5) is 35.7. The predicted octanol–water partition coefficient (Wildman–Crippen LogP) is 5.50. The van der Waals surface area contributed by atoms with Gasteiger partial charge in [-0.25, -0.2) is 14.4 Å². The maximum Gasteiger partial charge on any atom is 0.433 e. The summed E-state index contributed by atoms with van der Waals surface area (Å²) < 4.78 is 95.7. The number of hydrogen-bond donors (Lipinski definition) is 2. The first-order chi connectivity index (χ1) is 18.6. The van der Waals surface area contributed by atoms with E-state index in [0.29, 0.717) is 48.5 Å². The number of aryl methyl sites for hydroxylation is 1. The van der Waals surface area contributed by atoms with Crippen LogP contribution < -0.4 is 15.8 Å². The Hall–Kier alpha value is -3.68. The fourth-order valence-electron chi connectivity index (χ4n) is 4.35. The number of rotatable bonds is 5. The lowest BCUT2D eigenvalue weighted by atomic mass is 9.95. The Morgan fingerprint density at radius 3 is 2.35 bits per heavy atom. The van der Waals surface area contributed by atoms with E-state index in [1.54, 1.807) is 24.0 Å². The first-order valence-electron chi connectivity index (χ1n) is 11.9. The number of aromatic nitrogens is 3. The number of amides is 1. The van der Waals surface area contributed by atoms with E-state index in [1.165, 1.54) is 0 Å². The smallest absolute Gasteiger partial charge is 0.357 e. The normalized spacial score (nSPS) is 14.9. The van der Waals surface area contributed by atoms with E-state index < -0.39 is 70.3 Å². The van der Waals surface area contributed by atoms with Crippen molar-refractivity contribution in [1.82, 2.24) is 20.3 Å². The van der Waals surface area contributed by atoms with Gasteiger partial charge in [-0.05, 0) is 38.0 Å². The molecule has 0 unspecified atom stereocenters. The minimum absolute atomic E-state index is 0.0498. The van der Waals surface area contributed by atoms with Gasteiger partial charge in [0.15, 0.2) is 5.69 Å². The third-order valence-corrected chi connectivity index (χ3v) is 6.85. The number of benzene rings is 1. The Balaban J connectivity index is 1.53. The van der Waals surface area contributed by atoms with Crippen molar-refractivity contribution in [3.63, 3.8) is 0 Å². The predicted molar refractivity (Wildman–Crippen MR) is 131 cm³/mol. The van der Waals surface area contributed by atoms with Gasteiger partial charge in [-0.1, -0.05) is 17.7 Å². The van der Waals surface area contributed by atoms with Gasteiger partial charge in [0.05, 0.1) is 21.8 Å². The molecular formula is C25H21ClF7N5O2. The quantitative estimate of drug-likeness (QED) is 0.382. The molecule has 15 heteroatoms. The average molecular weight is 592 g/mol. The van der Waals surface area contributed by atoms with Crippen LogP contribution in [0.1, 0.15) is 35.4 Å². The molecule has 4 rings (SSSR count). The van der Waals surface area contributed by atoms with Gasteiger partial charge >= 0.3 is 12.4 Å².